The predicted molar refractivity (Wildman–Crippen MR) is 82.0 cm³/mol. The van der Waals surface area contributed by atoms with Gasteiger partial charge in [-0.1, -0.05) is 25.1 Å². The number of carbonyl (C=O) groups is 1. The molecule has 0 aromatic heterocycles. The third-order valence-corrected chi connectivity index (χ3v) is 3.54. The smallest absolute Gasteiger partial charge is 0.335 e. The molecule has 2 rings (SSSR count). The number of carboxylic acids is 1. The molecule has 1 N–H and O–H groups in total. The average Bonchev–Trinajstić information content (AvgIpc) is 2.46. The van der Waals surface area contributed by atoms with E-state index >= 15 is 0 Å². The second-order valence-electron chi connectivity index (χ2n) is 4.85. The number of anilines is 2. The summed E-state index contributed by atoms with van der Waals surface area (Å²) >= 11 is 0. The maximum atomic E-state index is 10.9. The predicted octanol–water partition coefficient (Wildman–Crippen LogP) is 4.02. The molecular weight excluding hydrogens is 250 g/mol. The Labute approximate surface area is 119 Å². The zero-order valence-corrected chi connectivity index (χ0v) is 12.1. The molecule has 0 unspecified atom stereocenters. The SMILES string of the molecule is CCc1cccc(C)c1N(C)c1ccc(C(=O)O)cc1. The van der Waals surface area contributed by atoms with Crippen molar-refractivity contribution in [3.05, 3.63) is 59.2 Å². The van der Waals surface area contributed by atoms with Gasteiger partial charge in [0.1, 0.15) is 0 Å². The summed E-state index contributed by atoms with van der Waals surface area (Å²) < 4.78 is 0. The van der Waals surface area contributed by atoms with Gasteiger partial charge >= 0.3 is 5.97 Å². The summed E-state index contributed by atoms with van der Waals surface area (Å²) in [5, 5.41) is 8.94. The molecule has 0 aliphatic carbocycles. The lowest BCUT2D eigenvalue weighted by Gasteiger charge is -2.24. The zero-order chi connectivity index (χ0) is 14.7. The van der Waals surface area contributed by atoms with E-state index in [1.165, 1.54) is 16.8 Å². The second kappa shape index (κ2) is 5.78. The Hall–Kier alpha value is -2.29. The number of hydrogen-bond donors (Lipinski definition) is 1. The maximum Gasteiger partial charge on any atom is 0.335 e. The molecule has 0 aliphatic heterocycles. The van der Waals surface area contributed by atoms with Crippen LogP contribution in [0.5, 0.6) is 0 Å². The lowest BCUT2D eigenvalue weighted by molar-refractivity contribution is 0.0697. The topological polar surface area (TPSA) is 40.5 Å². The molecule has 0 fully saturated rings. The van der Waals surface area contributed by atoms with Crippen LogP contribution >= 0.6 is 0 Å². The number of benzene rings is 2. The van der Waals surface area contributed by atoms with Gasteiger partial charge < -0.3 is 10.0 Å². The highest BCUT2D eigenvalue weighted by atomic mass is 16.4. The van der Waals surface area contributed by atoms with Crippen molar-refractivity contribution in [2.45, 2.75) is 20.3 Å². The number of aromatic carboxylic acids is 1. The van der Waals surface area contributed by atoms with Crippen molar-refractivity contribution in [1.82, 2.24) is 0 Å². The molecule has 0 aliphatic rings. The summed E-state index contributed by atoms with van der Waals surface area (Å²) in [5.41, 5.74) is 4.99. The summed E-state index contributed by atoms with van der Waals surface area (Å²) in [6.45, 7) is 4.23. The minimum Gasteiger partial charge on any atom is -0.478 e. The highest BCUT2D eigenvalue weighted by molar-refractivity contribution is 5.88. The molecular formula is C17H19NO2. The van der Waals surface area contributed by atoms with E-state index in [0.29, 0.717) is 5.56 Å². The van der Waals surface area contributed by atoms with Crippen LogP contribution < -0.4 is 4.90 Å². The molecule has 3 nitrogen and oxygen atoms in total. The Morgan fingerprint density at radius 3 is 2.35 bits per heavy atom. The highest BCUT2D eigenvalue weighted by Crippen LogP contribution is 2.30. The largest absolute Gasteiger partial charge is 0.478 e. The Kier molecular flexibility index (Phi) is 4.08. The van der Waals surface area contributed by atoms with Crippen molar-refractivity contribution in [2.24, 2.45) is 0 Å². The molecule has 0 heterocycles. The normalized spacial score (nSPS) is 10.3. The zero-order valence-electron chi connectivity index (χ0n) is 12.1. The van der Waals surface area contributed by atoms with E-state index in [4.69, 9.17) is 5.11 Å². The first kappa shape index (κ1) is 14.1. The van der Waals surface area contributed by atoms with Gasteiger partial charge in [-0.25, -0.2) is 4.79 Å². The first-order chi connectivity index (χ1) is 9.54. The minimum atomic E-state index is -0.899. The summed E-state index contributed by atoms with van der Waals surface area (Å²) in [6, 6.07) is 13.3. The van der Waals surface area contributed by atoms with E-state index in [9.17, 15) is 4.79 Å². The number of carboxylic acid groups (broad SMARTS) is 1. The van der Waals surface area contributed by atoms with E-state index in [1.807, 2.05) is 19.2 Å². The third-order valence-electron chi connectivity index (χ3n) is 3.54. The molecule has 0 bridgehead atoms. The second-order valence-corrected chi connectivity index (χ2v) is 4.85. The van der Waals surface area contributed by atoms with Crippen LogP contribution in [0.3, 0.4) is 0 Å². The van der Waals surface area contributed by atoms with Gasteiger partial charge in [-0.2, -0.15) is 0 Å². The van der Waals surface area contributed by atoms with Gasteiger partial charge in [0.2, 0.25) is 0 Å². The van der Waals surface area contributed by atoms with E-state index in [0.717, 1.165) is 12.1 Å². The van der Waals surface area contributed by atoms with Crippen molar-refractivity contribution in [2.75, 3.05) is 11.9 Å². The van der Waals surface area contributed by atoms with Crippen LogP contribution in [0.15, 0.2) is 42.5 Å². The summed E-state index contributed by atoms with van der Waals surface area (Å²) in [6.07, 6.45) is 0.967. The van der Waals surface area contributed by atoms with Crippen molar-refractivity contribution >= 4 is 17.3 Å². The van der Waals surface area contributed by atoms with Crippen LogP contribution in [0.2, 0.25) is 0 Å². The van der Waals surface area contributed by atoms with E-state index in [2.05, 4.69) is 36.9 Å². The number of nitrogens with zero attached hydrogens (tertiary/aromatic N) is 1. The number of para-hydroxylation sites is 1. The minimum absolute atomic E-state index is 0.308. The fourth-order valence-electron chi connectivity index (χ4n) is 2.44. The van der Waals surface area contributed by atoms with Crippen LogP contribution in [0.4, 0.5) is 11.4 Å². The Balaban J connectivity index is 2.41. The molecule has 2 aromatic rings. The lowest BCUT2D eigenvalue weighted by atomic mass is 10.0. The molecule has 0 saturated carbocycles. The standard InChI is InChI=1S/C17H19NO2/c1-4-13-7-5-6-12(2)16(13)18(3)15-10-8-14(9-11-15)17(19)20/h5-11H,4H2,1-3H3,(H,19,20). The number of hydrogen-bond acceptors (Lipinski definition) is 2. The van der Waals surface area contributed by atoms with E-state index in [-0.39, 0.29) is 0 Å². The lowest BCUT2D eigenvalue weighted by Crippen LogP contribution is -2.13. The van der Waals surface area contributed by atoms with E-state index < -0.39 is 5.97 Å². The Bertz CT molecular complexity index is 617. The van der Waals surface area contributed by atoms with Gasteiger partial charge in [-0.15, -0.1) is 0 Å². The van der Waals surface area contributed by atoms with Crippen molar-refractivity contribution in [3.8, 4) is 0 Å². The number of aryl methyl sites for hydroxylation is 2. The third kappa shape index (κ3) is 2.67. The molecule has 0 radical (unpaired) electrons. The van der Waals surface area contributed by atoms with Crippen molar-refractivity contribution in [1.29, 1.82) is 0 Å². The monoisotopic (exact) mass is 269 g/mol. The maximum absolute atomic E-state index is 10.9. The molecule has 20 heavy (non-hydrogen) atoms. The highest BCUT2D eigenvalue weighted by Gasteiger charge is 2.11. The molecule has 0 spiro atoms. The van der Waals surface area contributed by atoms with Gasteiger partial charge in [0, 0.05) is 18.4 Å². The molecule has 0 saturated heterocycles. The summed E-state index contributed by atoms with van der Waals surface area (Å²) in [7, 11) is 2.01. The molecule has 104 valence electrons. The number of rotatable bonds is 4. The van der Waals surface area contributed by atoms with Crippen LogP contribution in [0.1, 0.15) is 28.4 Å². The molecule has 3 heteroatoms. The molecule has 2 aromatic carbocycles. The summed E-state index contributed by atoms with van der Waals surface area (Å²) in [4.78, 5) is 13.0. The van der Waals surface area contributed by atoms with Crippen LogP contribution in [-0.4, -0.2) is 18.1 Å². The van der Waals surface area contributed by atoms with Crippen LogP contribution in [0.25, 0.3) is 0 Å². The van der Waals surface area contributed by atoms with Gasteiger partial charge in [0.25, 0.3) is 0 Å². The van der Waals surface area contributed by atoms with Crippen LogP contribution in [-0.2, 0) is 6.42 Å². The quantitative estimate of drug-likeness (QED) is 0.911. The van der Waals surface area contributed by atoms with Gasteiger partial charge in [0.15, 0.2) is 0 Å². The van der Waals surface area contributed by atoms with Crippen molar-refractivity contribution < 1.29 is 9.90 Å². The van der Waals surface area contributed by atoms with Gasteiger partial charge in [-0.05, 0) is 48.7 Å². The van der Waals surface area contributed by atoms with E-state index in [1.54, 1.807) is 12.1 Å². The summed E-state index contributed by atoms with van der Waals surface area (Å²) in [5.74, 6) is -0.899. The van der Waals surface area contributed by atoms with Crippen molar-refractivity contribution in [3.63, 3.8) is 0 Å². The molecule has 0 atom stereocenters. The van der Waals surface area contributed by atoms with Crippen LogP contribution in [0, 0.1) is 6.92 Å². The first-order valence-electron chi connectivity index (χ1n) is 6.70. The fraction of sp³-hybridized carbons (Fsp3) is 0.235. The fourth-order valence-corrected chi connectivity index (χ4v) is 2.44. The average molecular weight is 269 g/mol. The first-order valence-corrected chi connectivity index (χ1v) is 6.70. The Morgan fingerprint density at radius 2 is 1.80 bits per heavy atom. The molecule has 0 amide bonds. The Morgan fingerprint density at radius 1 is 1.15 bits per heavy atom. The van der Waals surface area contributed by atoms with Gasteiger partial charge in [-0.3, -0.25) is 0 Å². The van der Waals surface area contributed by atoms with Gasteiger partial charge in [0.05, 0.1) is 5.56 Å².